The number of nitrogens with two attached hydrogens (primary N) is 1. The molecule has 0 aliphatic heterocycles. The van der Waals surface area contributed by atoms with Crippen molar-refractivity contribution in [2.75, 3.05) is 13.2 Å². The second-order valence-electron chi connectivity index (χ2n) is 10.0. The third-order valence-corrected chi connectivity index (χ3v) is 5.37. The first kappa shape index (κ1) is 31.1. The maximum atomic E-state index is 13.0. The number of carbonyl (C=O) groups is 4. The van der Waals surface area contributed by atoms with E-state index in [1.54, 1.807) is 26.8 Å². The summed E-state index contributed by atoms with van der Waals surface area (Å²) in [5.41, 5.74) is 5.86. The molecule has 0 bridgehead atoms. The second kappa shape index (κ2) is 15.4. The van der Waals surface area contributed by atoms with Crippen LogP contribution in [0.4, 0.5) is 4.79 Å². The van der Waals surface area contributed by atoms with Crippen LogP contribution >= 0.6 is 0 Å². The van der Waals surface area contributed by atoms with Crippen LogP contribution in [0.25, 0.3) is 0 Å². The number of hydrogen-bond donors (Lipinski definition) is 3. The largest absolute Gasteiger partial charge is 0.483 e. The van der Waals surface area contributed by atoms with Crippen LogP contribution in [0.5, 0.6) is 5.75 Å². The number of alkyl carbamates (subject to hydrolysis) is 1. The summed E-state index contributed by atoms with van der Waals surface area (Å²) in [5, 5.41) is 5.48. The van der Waals surface area contributed by atoms with E-state index in [9.17, 15) is 19.2 Å². The predicted octanol–water partition coefficient (Wildman–Crippen LogP) is 3.65. The third kappa shape index (κ3) is 11.9. The van der Waals surface area contributed by atoms with Crippen molar-refractivity contribution in [2.45, 2.75) is 71.6 Å². The minimum absolute atomic E-state index is 0.0299. The molecule has 4 N–H and O–H groups in total. The predicted molar refractivity (Wildman–Crippen MR) is 146 cm³/mol. The molecule has 0 saturated carbocycles. The maximum absolute atomic E-state index is 13.0. The van der Waals surface area contributed by atoms with Gasteiger partial charge >= 0.3 is 12.1 Å². The summed E-state index contributed by atoms with van der Waals surface area (Å²) >= 11 is 0. The van der Waals surface area contributed by atoms with Crippen LogP contribution in [0.2, 0.25) is 0 Å². The molecule has 2 aromatic carbocycles. The van der Waals surface area contributed by atoms with E-state index in [2.05, 4.69) is 17.6 Å². The molecule has 0 fully saturated rings. The molecule has 0 spiro atoms. The SMILES string of the molecule is CCCCCNC(=O)[C@H](Cc1ccc(OCC(N)=O)c(C(=O)OCc2ccccc2)c1)NC(=O)OC(C)(C)C. The maximum Gasteiger partial charge on any atom is 0.408 e. The zero-order valence-corrected chi connectivity index (χ0v) is 23.1. The fourth-order valence-corrected chi connectivity index (χ4v) is 3.54. The molecule has 10 nitrogen and oxygen atoms in total. The summed E-state index contributed by atoms with van der Waals surface area (Å²) < 4.78 is 16.2. The summed E-state index contributed by atoms with van der Waals surface area (Å²) in [6, 6.07) is 12.8. The Balaban J connectivity index is 2.27. The molecule has 0 aliphatic carbocycles. The Bertz CT molecular complexity index is 1110. The van der Waals surface area contributed by atoms with E-state index in [0.717, 1.165) is 24.8 Å². The van der Waals surface area contributed by atoms with Gasteiger partial charge in [-0.1, -0.05) is 56.2 Å². The lowest BCUT2D eigenvalue weighted by atomic mass is 10.0. The molecule has 212 valence electrons. The number of primary amides is 1. The van der Waals surface area contributed by atoms with Gasteiger partial charge in [-0.3, -0.25) is 9.59 Å². The molecule has 1 atom stereocenters. The number of benzene rings is 2. The standard InChI is InChI=1S/C29H39N3O7/c1-5-6-10-15-31-26(34)23(32-28(36)39-29(2,3)4)17-21-13-14-24(37-19-25(30)33)22(16-21)27(35)38-18-20-11-8-7-9-12-20/h7-9,11-14,16,23H,5-6,10,15,17-19H2,1-4H3,(H2,30,33)(H,31,34)(H,32,36)/t23-/m0/s1. The van der Waals surface area contributed by atoms with Gasteiger partial charge in [0.15, 0.2) is 6.61 Å². The highest BCUT2D eigenvalue weighted by molar-refractivity contribution is 5.93. The van der Waals surface area contributed by atoms with Crippen molar-refractivity contribution < 1.29 is 33.4 Å². The van der Waals surface area contributed by atoms with E-state index in [-0.39, 0.29) is 30.2 Å². The molecular formula is C29H39N3O7. The molecule has 2 rings (SSSR count). The summed E-state index contributed by atoms with van der Waals surface area (Å²) in [7, 11) is 0. The number of rotatable bonds is 14. The highest BCUT2D eigenvalue weighted by Gasteiger charge is 2.26. The van der Waals surface area contributed by atoms with E-state index in [1.807, 2.05) is 30.3 Å². The minimum Gasteiger partial charge on any atom is -0.483 e. The molecule has 39 heavy (non-hydrogen) atoms. The summed E-state index contributed by atoms with van der Waals surface area (Å²) in [6.07, 6.45) is 2.10. The minimum atomic E-state index is -0.966. The molecule has 0 saturated heterocycles. The quantitative estimate of drug-likeness (QED) is 0.244. The lowest BCUT2D eigenvalue weighted by Crippen LogP contribution is -2.49. The molecule has 2 aromatic rings. The van der Waals surface area contributed by atoms with Crippen molar-refractivity contribution in [1.82, 2.24) is 10.6 Å². The van der Waals surface area contributed by atoms with Gasteiger partial charge in [-0.25, -0.2) is 9.59 Å². The average Bonchev–Trinajstić information content (AvgIpc) is 2.87. The van der Waals surface area contributed by atoms with Gasteiger partial charge in [0.1, 0.15) is 29.6 Å². The first-order valence-electron chi connectivity index (χ1n) is 13.0. The number of hydrogen-bond acceptors (Lipinski definition) is 7. The van der Waals surface area contributed by atoms with Gasteiger partial charge in [-0.2, -0.15) is 0 Å². The molecule has 0 aliphatic rings. The molecule has 0 heterocycles. The van der Waals surface area contributed by atoms with Crippen LogP contribution < -0.4 is 21.1 Å². The number of unbranched alkanes of at least 4 members (excludes halogenated alkanes) is 2. The Morgan fingerprint density at radius 1 is 0.974 bits per heavy atom. The van der Waals surface area contributed by atoms with E-state index in [1.165, 1.54) is 12.1 Å². The number of nitrogens with one attached hydrogen (secondary N) is 2. The number of esters is 1. The van der Waals surface area contributed by atoms with Gasteiger partial charge in [0.2, 0.25) is 5.91 Å². The Morgan fingerprint density at radius 3 is 2.33 bits per heavy atom. The van der Waals surface area contributed by atoms with E-state index < -0.39 is 36.2 Å². The van der Waals surface area contributed by atoms with Gasteiger partial charge in [-0.05, 0) is 50.5 Å². The lowest BCUT2D eigenvalue weighted by molar-refractivity contribution is -0.123. The van der Waals surface area contributed by atoms with Gasteiger partial charge in [0.25, 0.3) is 5.91 Å². The fourth-order valence-electron chi connectivity index (χ4n) is 3.54. The van der Waals surface area contributed by atoms with E-state index in [0.29, 0.717) is 12.1 Å². The van der Waals surface area contributed by atoms with Crippen molar-refractivity contribution in [2.24, 2.45) is 5.73 Å². The summed E-state index contributed by atoms with van der Waals surface area (Å²) in [5.74, 6) is -1.65. The monoisotopic (exact) mass is 541 g/mol. The van der Waals surface area contributed by atoms with E-state index >= 15 is 0 Å². The molecule has 0 aromatic heterocycles. The van der Waals surface area contributed by atoms with Crippen LogP contribution in [0.3, 0.4) is 0 Å². The van der Waals surface area contributed by atoms with Gasteiger partial charge < -0.3 is 30.6 Å². The molecule has 0 unspecified atom stereocenters. The molecule has 0 radical (unpaired) electrons. The van der Waals surface area contributed by atoms with E-state index in [4.69, 9.17) is 19.9 Å². The fraction of sp³-hybridized carbons (Fsp3) is 0.448. The van der Waals surface area contributed by atoms with Crippen molar-refractivity contribution >= 4 is 23.9 Å². The highest BCUT2D eigenvalue weighted by Crippen LogP contribution is 2.23. The smallest absolute Gasteiger partial charge is 0.408 e. The topological polar surface area (TPSA) is 146 Å². The number of ether oxygens (including phenoxy) is 3. The number of amides is 3. The van der Waals surface area contributed by atoms with Crippen LogP contribution in [-0.2, 0) is 32.1 Å². The number of carbonyl (C=O) groups excluding carboxylic acids is 4. The normalized spacial score (nSPS) is 11.7. The van der Waals surface area contributed by atoms with Crippen LogP contribution in [0, 0.1) is 0 Å². The first-order chi connectivity index (χ1) is 18.5. The Hall–Kier alpha value is -4.08. The Morgan fingerprint density at radius 2 is 1.69 bits per heavy atom. The zero-order chi connectivity index (χ0) is 28.8. The first-order valence-corrected chi connectivity index (χ1v) is 13.0. The van der Waals surface area contributed by atoms with Gasteiger partial charge in [0, 0.05) is 13.0 Å². The lowest BCUT2D eigenvalue weighted by Gasteiger charge is -2.23. The van der Waals surface area contributed by atoms with Crippen LogP contribution in [0.15, 0.2) is 48.5 Å². The van der Waals surface area contributed by atoms with Gasteiger partial charge in [-0.15, -0.1) is 0 Å². The van der Waals surface area contributed by atoms with Gasteiger partial charge in [0.05, 0.1) is 0 Å². The van der Waals surface area contributed by atoms with Crippen molar-refractivity contribution in [3.05, 3.63) is 65.2 Å². The molecular weight excluding hydrogens is 502 g/mol. The highest BCUT2D eigenvalue weighted by atomic mass is 16.6. The summed E-state index contributed by atoms with van der Waals surface area (Å²) in [4.78, 5) is 49.7. The summed E-state index contributed by atoms with van der Waals surface area (Å²) in [6.45, 7) is 7.31. The van der Waals surface area contributed by atoms with Crippen LogP contribution in [-0.4, -0.2) is 48.7 Å². The molecule has 3 amide bonds. The molecule has 10 heteroatoms. The van der Waals surface area contributed by atoms with Crippen LogP contribution in [0.1, 0.15) is 68.4 Å². The average molecular weight is 542 g/mol. The second-order valence-corrected chi connectivity index (χ2v) is 10.0. The Kier molecular flexibility index (Phi) is 12.3. The Labute approximate surface area is 229 Å². The van der Waals surface area contributed by atoms with Crippen molar-refractivity contribution in [1.29, 1.82) is 0 Å². The zero-order valence-electron chi connectivity index (χ0n) is 23.1. The van der Waals surface area contributed by atoms with Crippen molar-refractivity contribution in [3.63, 3.8) is 0 Å². The van der Waals surface area contributed by atoms with Crippen molar-refractivity contribution in [3.8, 4) is 5.75 Å². The third-order valence-electron chi connectivity index (χ3n) is 5.37.